The lowest BCUT2D eigenvalue weighted by molar-refractivity contribution is -0.137. The largest absolute Gasteiger partial charge is 0.444 e. The third-order valence-corrected chi connectivity index (χ3v) is 6.16. The summed E-state index contributed by atoms with van der Waals surface area (Å²) in [6, 6.07) is 19.4. The first-order valence-electron chi connectivity index (χ1n) is 13.4. The minimum Gasteiger partial charge on any atom is -0.444 e. The van der Waals surface area contributed by atoms with Crippen molar-refractivity contribution in [2.45, 2.75) is 72.6 Å². The number of ether oxygens (including phenoxy) is 1. The van der Waals surface area contributed by atoms with Gasteiger partial charge in [-0.05, 0) is 75.4 Å². The minimum atomic E-state index is -1.14. The van der Waals surface area contributed by atoms with Crippen molar-refractivity contribution >= 4 is 34.4 Å². The first kappa shape index (κ1) is 30.2. The number of anilines is 1. The molecular weight excluding hydrogens is 502 g/mol. The first-order valence-corrected chi connectivity index (χ1v) is 13.4. The van der Waals surface area contributed by atoms with Crippen LogP contribution in [0.2, 0.25) is 0 Å². The molecule has 2 atom stereocenters. The van der Waals surface area contributed by atoms with Crippen molar-refractivity contribution in [2.24, 2.45) is 5.92 Å². The van der Waals surface area contributed by atoms with Gasteiger partial charge in [0, 0.05) is 11.7 Å². The molecule has 0 spiro atoms. The number of nitrogens with one attached hydrogen (secondary N) is 2. The Morgan fingerprint density at radius 2 is 1.57 bits per heavy atom. The van der Waals surface area contributed by atoms with Crippen LogP contribution >= 0.6 is 0 Å². The highest BCUT2D eigenvalue weighted by Gasteiger charge is 2.36. The topological polar surface area (TPSA) is 87.7 Å². The van der Waals surface area contributed by atoms with Crippen LogP contribution in [0.15, 0.2) is 60.7 Å². The quantitative estimate of drug-likeness (QED) is 0.252. The van der Waals surface area contributed by atoms with E-state index in [0.717, 1.165) is 26.8 Å². The number of terminal acetylenes is 1. The zero-order valence-electron chi connectivity index (χ0n) is 24.4. The maximum Gasteiger partial charge on any atom is 0.408 e. The number of aryl methyl sites for hydroxylation is 2. The number of nitrogens with zero attached hydrogens (tertiary/aromatic N) is 1. The van der Waals surface area contributed by atoms with Crippen molar-refractivity contribution in [1.29, 1.82) is 0 Å². The number of benzene rings is 3. The van der Waals surface area contributed by atoms with Gasteiger partial charge in [-0.25, -0.2) is 4.79 Å². The Morgan fingerprint density at radius 1 is 0.950 bits per heavy atom. The number of fused-ring (bicyclic) bond motifs is 1. The van der Waals surface area contributed by atoms with Crippen LogP contribution in [-0.4, -0.2) is 34.5 Å². The second-order valence-electron chi connectivity index (χ2n) is 11.5. The monoisotopic (exact) mass is 541 g/mol. The fourth-order valence-electron chi connectivity index (χ4n) is 4.64. The molecule has 3 amide bonds. The molecule has 0 saturated heterocycles. The molecule has 2 N–H and O–H groups in total. The molecule has 0 heterocycles. The summed E-state index contributed by atoms with van der Waals surface area (Å²) >= 11 is 0. The van der Waals surface area contributed by atoms with Crippen LogP contribution in [0.1, 0.15) is 63.8 Å². The van der Waals surface area contributed by atoms with E-state index in [2.05, 4.69) is 16.7 Å². The Hall–Kier alpha value is -4.31. The summed E-state index contributed by atoms with van der Waals surface area (Å²) in [7, 11) is 0. The molecule has 0 saturated carbocycles. The highest BCUT2D eigenvalue weighted by atomic mass is 16.6. The molecule has 0 aliphatic heterocycles. The normalized spacial score (nSPS) is 12.8. The van der Waals surface area contributed by atoms with Crippen molar-refractivity contribution in [1.82, 2.24) is 10.2 Å². The lowest BCUT2D eigenvalue weighted by Crippen LogP contribution is -2.51. The van der Waals surface area contributed by atoms with E-state index in [9.17, 15) is 14.4 Å². The number of rotatable bonds is 8. The van der Waals surface area contributed by atoms with Gasteiger partial charge in [-0.1, -0.05) is 79.9 Å². The van der Waals surface area contributed by atoms with Crippen molar-refractivity contribution in [3.05, 3.63) is 77.4 Å². The molecule has 0 aromatic heterocycles. The Morgan fingerprint density at radius 3 is 2.15 bits per heavy atom. The molecule has 7 nitrogen and oxygen atoms in total. The fourth-order valence-corrected chi connectivity index (χ4v) is 4.64. The summed E-state index contributed by atoms with van der Waals surface area (Å²) in [4.78, 5) is 41.6. The van der Waals surface area contributed by atoms with E-state index in [4.69, 9.17) is 11.2 Å². The van der Waals surface area contributed by atoms with Gasteiger partial charge < -0.3 is 15.4 Å². The van der Waals surface area contributed by atoms with Crippen molar-refractivity contribution < 1.29 is 19.1 Å². The average Bonchev–Trinajstić information content (AvgIpc) is 2.84. The summed E-state index contributed by atoms with van der Waals surface area (Å²) in [5.41, 5.74) is 2.25. The number of amides is 3. The summed E-state index contributed by atoms with van der Waals surface area (Å²) in [6.07, 6.45) is 5.50. The molecule has 40 heavy (non-hydrogen) atoms. The van der Waals surface area contributed by atoms with E-state index < -0.39 is 35.6 Å². The Bertz CT molecular complexity index is 1410. The molecule has 0 aliphatic rings. The summed E-state index contributed by atoms with van der Waals surface area (Å²) in [5, 5.41) is 7.63. The molecule has 2 unspecified atom stereocenters. The molecule has 210 valence electrons. The first-order chi connectivity index (χ1) is 18.8. The molecule has 0 bridgehead atoms. The van der Waals surface area contributed by atoms with Gasteiger partial charge in [0.2, 0.25) is 0 Å². The Balaban J connectivity index is 2.01. The second-order valence-corrected chi connectivity index (χ2v) is 11.5. The highest BCUT2D eigenvalue weighted by Crippen LogP contribution is 2.27. The molecule has 7 heteroatoms. The lowest BCUT2D eigenvalue weighted by atomic mass is 9.97. The van der Waals surface area contributed by atoms with E-state index in [-0.39, 0.29) is 5.92 Å². The van der Waals surface area contributed by atoms with Crippen LogP contribution in [0.4, 0.5) is 10.5 Å². The van der Waals surface area contributed by atoms with Crippen LogP contribution in [0.25, 0.3) is 10.8 Å². The van der Waals surface area contributed by atoms with Gasteiger partial charge in [-0.15, -0.1) is 0 Å². The maximum absolute atomic E-state index is 14.0. The summed E-state index contributed by atoms with van der Waals surface area (Å²) in [5.74, 6) is -0.985. The van der Waals surface area contributed by atoms with E-state index in [0.29, 0.717) is 17.7 Å². The minimum absolute atomic E-state index is 0.0506. The lowest BCUT2D eigenvalue weighted by Gasteiger charge is -2.31. The molecule has 0 radical (unpaired) electrons. The second kappa shape index (κ2) is 12.7. The van der Waals surface area contributed by atoms with Gasteiger partial charge in [-0.3, -0.25) is 14.5 Å². The smallest absolute Gasteiger partial charge is 0.408 e. The highest BCUT2D eigenvalue weighted by molar-refractivity contribution is 6.01. The van der Waals surface area contributed by atoms with Gasteiger partial charge >= 0.3 is 6.09 Å². The van der Waals surface area contributed by atoms with Crippen LogP contribution in [0.3, 0.4) is 0 Å². The van der Waals surface area contributed by atoms with Crippen molar-refractivity contribution in [2.75, 3.05) is 5.32 Å². The zero-order valence-corrected chi connectivity index (χ0v) is 24.4. The van der Waals surface area contributed by atoms with Gasteiger partial charge in [0.1, 0.15) is 17.7 Å². The third-order valence-electron chi connectivity index (χ3n) is 6.16. The predicted molar refractivity (Wildman–Crippen MR) is 160 cm³/mol. The van der Waals surface area contributed by atoms with Crippen molar-refractivity contribution in [3.8, 4) is 12.5 Å². The van der Waals surface area contributed by atoms with E-state index in [1.807, 2.05) is 88.4 Å². The standard InChI is InChI=1S/C33H39N3O4/c1-9-36(31(38)28(16-21(2)3)35-32(39)40-33(6,7)8)29(26-18-22(4)17-23(5)19-26)30(37)34-27-15-14-24-12-10-11-13-25(24)20-27/h1,10-15,17-21,28-29H,16H2,2-8H3,(H,34,37)(H,35,39). The SMILES string of the molecule is C#CN(C(=O)C(CC(C)C)NC(=O)OC(C)(C)C)C(C(=O)Nc1ccc2ccccc2c1)c1cc(C)cc(C)c1. The zero-order chi connectivity index (χ0) is 29.6. The molecule has 0 aliphatic carbocycles. The molecule has 3 aromatic carbocycles. The summed E-state index contributed by atoms with van der Waals surface area (Å²) < 4.78 is 5.40. The van der Waals surface area contributed by atoms with E-state index in [1.54, 1.807) is 20.8 Å². The predicted octanol–water partition coefficient (Wildman–Crippen LogP) is 6.50. The summed E-state index contributed by atoms with van der Waals surface area (Å²) in [6.45, 7) is 12.9. The van der Waals surface area contributed by atoms with Crippen LogP contribution in [0.5, 0.6) is 0 Å². The van der Waals surface area contributed by atoms with Gasteiger partial charge in [0.25, 0.3) is 11.8 Å². The fraction of sp³-hybridized carbons (Fsp3) is 0.364. The number of carbonyl (C=O) groups excluding carboxylic acids is 3. The number of hydrogen-bond acceptors (Lipinski definition) is 4. The van der Waals surface area contributed by atoms with E-state index in [1.165, 1.54) is 0 Å². The van der Waals surface area contributed by atoms with Gasteiger partial charge in [0.15, 0.2) is 0 Å². The molecular formula is C33H39N3O4. The van der Waals surface area contributed by atoms with Gasteiger partial charge in [0.05, 0.1) is 0 Å². The third kappa shape index (κ3) is 8.09. The molecule has 3 rings (SSSR count). The maximum atomic E-state index is 14.0. The molecule has 3 aromatic rings. The molecule has 0 fully saturated rings. The number of carbonyl (C=O) groups is 3. The Kier molecular flexibility index (Phi) is 9.60. The Labute approximate surface area is 237 Å². The number of alkyl carbamates (subject to hydrolysis) is 1. The van der Waals surface area contributed by atoms with Crippen LogP contribution in [-0.2, 0) is 14.3 Å². The number of hydrogen-bond donors (Lipinski definition) is 2. The van der Waals surface area contributed by atoms with Crippen molar-refractivity contribution in [3.63, 3.8) is 0 Å². The van der Waals surface area contributed by atoms with Crippen LogP contribution < -0.4 is 10.6 Å². The van der Waals surface area contributed by atoms with Gasteiger partial charge in [-0.2, -0.15) is 0 Å². The van der Waals surface area contributed by atoms with E-state index >= 15 is 0 Å². The average molecular weight is 542 g/mol. The van der Waals surface area contributed by atoms with Crippen LogP contribution in [0, 0.1) is 32.2 Å².